The molecule has 0 atom stereocenters. The maximum absolute atomic E-state index is 13.1. The van der Waals surface area contributed by atoms with Crippen molar-refractivity contribution < 1.29 is 8.81 Å². The topological polar surface area (TPSA) is 50.1 Å². The molecule has 0 aliphatic carbocycles. The number of thiocarbonyl (C=S) groups is 1. The van der Waals surface area contributed by atoms with Gasteiger partial charge in [-0.05, 0) is 48.6 Å². The molecule has 2 N–H and O–H groups in total. The molecule has 4 nitrogen and oxygen atoms in total. The van der Waals surface area contributed by atoms with Gasteiger partial charge >= 0.3 is 0 Å². The number of aromatic nitrogens is 1. The van der Waals surface area contributed by atoms with Crippen molar-refractivity contribution in [3.63, 3.8) is 0 Å². The van der Waals surface area contributed by atoms with Crippen LogP contribution in [0.25, 0.3) is 11.1 Å². The Balaban J connectivity index is 1.73. The average Bonchev–Trinajstić information content (AvgIpc) is 2.82. The number of halogens is 2. The molecule has 0 amide bonds. The van der Waals surface area contributed by atoms with Crippen molar-refractivity contribution in [3.8, 4) is 0 Å². The van der Waals surface area contributed by atoms with Crippen molar-refractivity contribution in [2.45, 2.75) is 6.92 Å². The van der Waals surface area contributed by atoms with Crippen molar-refractivity contribution in [2.24, 2.45) is 0 Å². The highest BCUT2D eigenvalue weighted by Crippen LogP contribution is 2.21. The summed E-state index contributed by atoms with van der Waals surface area (Å²) in [6.07, 6.45) is 0. The molecule has 7 heteroatoms. The minimum absolute atomic E-state index is 0.0345. The Labute approximate surface area is 136 Å². The Bertz CT molecular complexity index is 865. The third-order valence-electron chi connectivity index (χ3n) is 2.93. The number of nitrogens with one attached hydrogen (secondary N) is 2. The van der Waals surface area contributed by atoms with Crippen LogP contribution < -0.4 is 10.6 Å². The second-order valence-corrected chi connectivity index (χ2v) is 5.44. The third kappa shape index (κ3) is 3.18. The highest BCUT2D eigenvalue weighted by Gasteiger charge is 2.06. The highest BCUT2D eigenvalue weighted by molar-refractivity contribution is 7.80. The molecule has 3 aromatic rings. The molecule has 22 heavy (non-hydrogen) atoms. The van der Waals surface area contributed by atoms with E-state index in [2.05, 4.69) is 15.6 Å². The van der Waals surface area contributed by atoms with Gasteiger partial charge in [-0.2, -0.15) is 0 Å². The Hall–Kier alpha value is -2.18. The zero-order valence-corrected chi connectivity index (χ0v) is 13.1. The van der Waals surface area contributed by atoms with E-state index in [4.69, 9.17) is 28.2 Å². The second-order valence-electron chi connectivity index (χ2n) is 4.62. The molecule has 0 saturated carbocycles. The molecule has 1 aromatic heterocycles. The molecule has 0 saturated heterocycles. The molecule has 0 spiro atoms. The van der Waals surface area contributed by atoms with Gasteiger partial charge in [0.15, 0.2) is 16.6 Å². The fourth-order valence-electron chi connectivity index (χ4n) is 1.99. The molecule has 0 aliphatic rings. The lowest BCUT2D eigenvalue weighted by molar-refractivity contribution is 0.561. The summed E-state index contributed by atoms with van der Waals surface area (Å²) >= 11 is 10.9. The maximum atomic E-state index is 13.1. The summed E-state index contributed by atoms with van der Waals surface area (Å²) in [5, 5.41) is 6.36. The molecule has 112 valence electrons. The van der Waals surface area contributed by atoms with Crippen LogP contribution >= 0.6 is 23.8 Å². The van der Waals surface area contributed by atoms with Gasteiger partial charge in [0.1, 0.15) is 11.3 Å². The first-order chi connectivity index (χ1) is 10.5. The molecule has 0 aliphatic heterocycles. The van der Waals surface area contributed by atoms with Crippen molar-refractivity contribution in [2.75, 3.05) is 10.6 Å². The van der Waals surface area contributed by atoms with E-state index in [1.165, 1.54) is 12.1 Å². The largest absolute Gasteiger partial charge is 0.441 e. The minimum Gasteiger partial charge on any atom is -0.441 e. The first kappa shape index (κ1) is 14.7. The van der Waals surface area contributed by atoms with Crippen LogP contribution in [0.15, 0.2) is 40.8 Å². The van der Waals surface area contributed by atoms with Crippen molar-refractivity contribution >= 4 is 51.4 Å². The summed E-state index contributed by atoms with van der Waals surface area (Å²) in [6, 6.07) is 9.77. The minimum atomic E-state index is -0.474. The number of oxazole rings is 1. The summed E-state index contributed by atoms with van der Waals surface area (Å²) in [4.78, 5) is 4.26. The van der Waals surface area contributed by atoms with Gasteiger partial charge in [0.2, 0.25) is 0 Å². The Morgan fingerprint density at radius 3 is 2.59 bits per heavy atom. The first-order valence-electron chi connectivity index (χ1n) is 6.41. The molecule has 0 unspecified atom stereocenters. The van der Waals surface area contributed by atoms with Crippen LogP contribution in [0.2, 0.25) is 5.02 Å². The predicted octanol–water partition coefficient (Wildman–Crippen LogP) is 4.74. The summed E-state index contributed by atoms with van der Waals surface area (Å²) in [7, 11) is 0. The average molecular weight is 336 g/mol. The van der Waals surface area contributed by atoms with E-state index in [1.807, 2.05) is 18.2 Å². The molecule has 2 aromatic carbocycles. The van der Waals surface area contributed by atoms with Gasteiger partial charge in [0.05, 0.1) is 5.02 Å². The fraction of sp³-hybridized carbons (Fsp3) is 0.0667. The van der Waals surface area contributed by atoms with E-state index in [1.54, 1.807) is 13.0 Å². The normalized spacial score (nSPS) is 10.7. The van der Waals surface area contributed by atoms with Gasteiger partial charge < -0.3 is 15.1 Å². The predicted molar refractivity (Wildman–Crippen MR) is 90.0 cm³/mol. The van der Waals surface area contributed by atoms with Gasteiger partial charge in [0.25, 0.3) is 0 Å². The molecule has 1 heterocycles. The number of anilines is 2. The lowest BCUT2D eigenvalue weighted by Gasteiger charge is -2.10. The fourth-order valence-corrected chi connectivity index (χ4v) is 2.40. The van der Waals surface area contributed by atoms with E-state index in [9.17, 15) is 4.39 Å². The zero-order valence-electron chi connectivity index (χ0n) is 11.5. The van der Waals surface area contributed by atoms with Crippen LogP contribution in [0.3, 0.4) is 0 Å². The van der Waals surface area contributed by atoms with Gasteiger partial charge in [-0.25, -0.2) is 9.37 Å². The Morgan fingerprint density at radius 2 is 1.86 bits per heavy atom. The number of rotatable bonds is 2. The van der Waals surface area contributed by atoms with Gasteiger partial charge in [-0.3, -0.25) is 0 Å². The Morgan fingerprint density at radius 1 is 1.18 bits per heavy atom. The SMILES string of the molecule is Cc1nc2cc(NC(=S)Nc3ccc(F)c(Cl)c3)ccc2o1. The summed E-state index contributed by atoms with van der Waals surface area (Å²) in [5.41, 5.74) is 2.83. The quantitative estimate of drug-likeness (QED) is 0.663. The highest BCUT2D eigenvalue weighted by atomic mass is 35.5. The van der Waals surface area contributed by atoms with Crippen LogP contribution in [0.5, 0.6) is 0 Å². The number of aryl methyl sites for hydroxylation is 1. The number of hydrogen-bond donors (Lipinski definition) is 2. The van der Waals surface area contributed by atoms with Crippen LogP contribution in [-0.2, 0) is 0 Å². The van der Waals surface area contributed by atoms with Crippen molar-refractivity contribution in [1.82, 2.24) is 4.98 Å². The van der Waals surface area contributed by atoms with Crippen molar-refractivity contribution in [3.05, 3.63) is 53.1 Å². The van der Waals surface area contributed by atoms with Gasteiger partial charge in [0, 0.05) is 18.3 Å². The van der Waals surface area contributed by atoms with E-state index in [0.717, 1.165) is 11.2 Å². The number of nitrogens with zero attached hydrogens (tertiary/aromatic N) is 1. The summed E-state index contributed by atoms with van der Waals surface area (Å²) in [5.74, 6) is 0.131. The monoisotopic (exact) mass is 335 g/mol. The molecule has 0 fully saturated rings. The molecular formula is C15H11ClFN3OS. The van der Waals surface area contributed by atoms with E-state index < -0.39 is 5.82 Å². The van der Waals surface area contributed by atoms with E-state index in [-0.39, 0.29) is 5.02 Å². The first-order valence-corrected chi connectivity index (χ1v) is 7.20. The molecule has 0 radical (unpaired) electrons. The van der Waals surface area contributed by atoms with Crippen molar-refractivity contribution in [1.29, 1.82) is 0 Å². The van der Waals surface area contributed by atoms with E-state index >= 15 is 0 Å². The van der Waals surface area contributed by atoms with Crippen LogP contribution in [0.1, 0.15) is 5.89 Å². The molecule has 0 bridgehead atoms. The van der Waals surface area contributed by atoms with Crippen LogP contribution in [-0.4, -0.2) is 10.1 Å². The molecular weight excluding hydrogens is 325 g/mol. The number of fused-ring (bicyclic) bond motifs is 1. The summed E-state index contributed by atoms with van der Waals surface area (Å²) < 4.78 is 18.5. The zero-order chi connectivity index (χ0) is 15.7. The Kier molecular flexibility index (Phi) is 3.96. The van der Waals surface area contributed by atoms with Crippen LogP contribution in [0, 0.1) is 12.7 Å². The standard InChI is InChI=1S/C15H11ClFN3OS/c1-8-18-13-7-10(3-5-14(13)21-8)20-15(22)19-9-2-4-12(17)11(16)6-9/h2-7H,1H3,(H2,19,20,22). The van der Waals surface area contributed by atoms with Crippen LogP contribution in [0.4, 0.5) is 15.8 Å². The van der Waals surface area contributed by atoms with Gasteiger partial charge in [-0.15, -0.1) is 0 Å². The second kappa shape index (κ2) is 5.90. The number of hydrogen-bond acceptors (Lipinski definition) is 3. The van der Waals surface area contributed by atoms with E-state index in [0.29, 0.717) is 22.3 Å². The lowest BCUT2D eigenvalue weighted by Crippen LogP contribution is -2.19. The smallest absolute Gasteiger partial charge is 0.192 e. The maximum Gasteiger partial charge on any atom is 0.192 e. The lowest BCUT2D eigenvalue weighted by atomic mass is 10.3. The van der Waals surface area contributed by atoms with Gasteiger partial charge in [-0.1, -0.05) is 11.6 Å². The molecule has 3 rings (SSSR count). The summed E-state index contributed by atoms with van der Waals surface area (Å²) in [6.45, 7) is 1.79. The third-order valence-corrected chi connectivity index (χ3v) is 3.42. The number of benzene rings is 2.